The minimum absolute atomic E-state index is 0.0676. The monoisotopic (exact) mass is 532 g/mol. The van der Waals surface area contributed by atoms with Crippen LogP contribution in [0.1, 0.15) is 62.4 Å². The summed E-state index contributed by atoms with van der Waals surface area (Å²) in [7, 11) is 0. The van der Waals surface area contributed by atoms with E-state index in [9.17, 15) is 24.0 Å². The highest BCUT2D eigenvalue weighted by atomic mass is 16.2. The number of carbonyl (C=O) groups is 5. The number of likely N-dealkylation sites (tertiary alicyclic amines) is 1. The second kappa shape index (κ2) is 15.8. The number of amides is 5. The number of benzene rings is 1. The highest BCUT2D eigenvalue weighted by molar-refractivity contribution is 6.02. The average molecular weight is 533 g/mol. The number of aliphatic imine (C=N–C) groups is 1. The molecule has 1 fully saturated rings. The molecule has 1 aliphatic heterocycles. The lowest BCUT2D eigenvalue weighted by atomic mass is 10.0. The number of rotatable bonds is 11. The molecule has 210 valence electrons. The molecule has 1 aliphatic rings. The van der Waals surface area contributed by atoms with Gasteiger partial charge < -0.3 is 38.1 Å². The topological polar surface area (TPSA) is 215 Å². The van der Waals surface area contributed by atoms with Crippen molar-refractivity contribution in [1.29, 1.82) is 0 Å². The zero-order chi connectivity index (χ0) is 28.8. The standard InChI is InChI=1S/C23H34N8O5.C2H6/c1-13-15(21(35)30-17(20(24)34)8-4-10-27-23(25)26)6-3-7-16(13)29-22(36)18-9-5-11-31(18)19(33)12-28-14(2)32;1-2/h3,6-7,17-18H,4-5,8-12H2,1-2H3,(H2,24,34)(H,28,32)(H,29,36)(H,30,35)(H4,25,26,27);1-2H3. The summed E-state index contributed by atoms with van der Waals surface area (Å²) >= 11 is 0. The maximum absolute atomic E-state index is 13.0. The third-order valence-corrected chi connectivity index (χ3v) is 5.79. The number of nitrogens with zero attached hydrogens (tertiary/aromatic N) is 2. The first-order valence-corrected chi connectivity index (χ1v) is 12.6. The molecule has 2 unspecified atom stereocenters. The van der Waals surface area contributed by atoms with Gasteiger partial charge in [0.25, 0.3) is 5.91 Å². The van der Waals surface area contributed by atoms with Gasteiger partial charge in [-0.2, -0.15) is 0 Å². The van der Waals surface area contributed by atoms with E-state index in [4.69, 9.17) is 17.2 Å². The van der Waals surface area contributed by atoms with E-state index >= 15 is 0 Å². The molecule has 0 spiro atoms. The zero-order valence-corrected chi connectivity index (χ0v) is 22.5. The Morgan fingerprint density at radius 1 is 1.13 bits per heavy atom. The van der Waals surface area contributed by atoms with E-state index in [2.05, 4.69) is 20.9 Å². The van der Waals surface area contributed by atoms with E-state index in [-0.39, 0.29) is 48.8 Å². The van der Waals surface area contributed by atoms with Crippen LogP contribution in [-0.2, 0) is 19.2 Å². The van der Waals surface area contributed by atoms with Crippen LogP contribution >= 0.6 is 0 Å². The van der Waals surface area contributed by atoms with Gasteiger partial charge in [0.15, 0.2) is 5.96 Å². The van der Waals surface area contributed by atoms with Crippen LogP contribution in [0.25, 0.3) is 0 Å². The van der Waals surface area contributed by atoms with E-state index in [0.29, 0.717) is 37.1 Å². The van der Waals surface area contributed by atoms with Crippen molar-refractivity contribution in [2.45, 2.75) is 65.5 Å². The predicted octanol–water partition coefficient (Wildman–Crippen LogP) is -0.276. The molecule has 0 saturated carbocycles. The Kier molecular flexibility index (Phi) is 13.3. The SMILES string of the molecule is CC.CC(=O)NCC(=O)N1CCCC1C(=O)Nc1cccc(C(=O)NC(CCCN=C(N)N)C(N)=O)c1C. The van der Waals surface area contributed by atoms with E-state index in [1.54, 1.807) is 25.1 Å². The molecule has 0 bridgehead atoms. The lowest BCUT2D eigenvalue weighted by Gasteiger charge is -2.24. The number of hydrogen-bond acceptors (Lipinski definition) is 6. The third kappa shape index (κ3) is 9.71. The zero-order valence-electron chi connectivity index (χ0n) is 22.5. The van der Waals surface area contributed by atoms with Crippen LogP contribution < -0.4 is 33.2 Å². The maximum Gasteiger partial charge on any atom is 0.252 e. The van der Waals surface area contributed by atoms with Gasteiger partial charge >= 0.3 is 0 Å². The summed E-state index contributed by atoms with van der Waals surface area (Å²) in [5.74, 6) is -2.35. The molecule has 2 atom stereocenters. The molecule has 1 heterocycles. The van der Waals surface area contributed by atoms with Crippen molar-refractivity contribution in [3.8, 4) is 0 Å². The van der Waals surface area contributed by atoms with Gasteiger partial charge in [-0.3, -0.25) is 29.0 Å². The average Bonchev–Trinajstić information content (AvgIpc) is 3.36. The van der Waals surface area contributed by atoms with Gasteiger partial charge in [0.2, 0.25) is 23.6 Å². The van der Waals surface area contributed by atoms with Crippen LogP contribution in [0, 0.1) is 6.92 Å². The summed E-state index contributed by atoms with van der Waals surface area (Å²) in [6.07, 6.45) is 1.82. The second-order valence-corrected chi connectivity index (χ2v) is 8.50. The van der Waals surface area contributed by atoms with Crippen molar-refractivity contribution in [3.63, 3.8) is 0 Å². The molecular formula is C25H40N8O5. The second-order valence-electron chi connectivity index (χ2n) is 8.50. The van der Waals surface area contributed by atoms with Crippen LogP contribution in [0.4, 0.5) is 5.69 Å². The molecule has 9 N–H and O–H groups in total. The van der Waals surface area contributed by atoms with E-state index in [0.717, 1.165) is 0 Å². The van der Waals surface area contributed by atoms with Crippen molar-refractivity contribution < 1.29 is 24.0 Å². The van der Waals surface area contributed by atoms with Crippen molar-refractivity contribution in [1.82, 2.24) is 15.5 Å². The van der Waals surface area contributed by atoms with Crippen molar-refractivity contribution in [2.24, 2.45) is 22.2 Å². The van der Waals surface area contributed by atoms with Gasteiger partial charge in [-0.1, -0.05) is 19.9 Å². The van der Waals surface area contributed by atoms with Crippen LogP contribution in [0.2, 0.25) is 0 Å². The van der Waals surface area contributed by atoms with Crippen molar-refractivity contribution in [3.05, 3.63) is 29.3 Å². The molecule has 0 radical (unpaired) electrons. The fourth-order valence-corrected chi connectivity index (χ4v) is 3.90. The largest absolute Gasteiger partial charge is 0.370 e. The molecule has 0 aromatic heterocycles. The van der Waals surface area contributed by atoms with E-state index in [1.807, 2.05) is 13.8 Å². The summed E-state index contributed by atoms with van der Waals surface area (Å²) < 4.78 is 0. The lowest BCUT2D eigenvalue weighted by Crippen LogP contribution is -2.47. The molecule has 13 nitrogen and oxygen atoms in total. The summed E-state index contributed by atoms with van der Waals surface area (Å²) in [6.45, 7) is 7.49. The van der Waals surface area contributed by atoms with Gasteiger partial charge in [0.05, 0.1) is 6.54 Å². The summed E-state index contributed by atoms with van der Waals surface area (Å²) in [5.41, 5.74) is 17.1. The number of guanidine groups is 1. The number of nitrogens with two attached hydrogens (primary N) is 3. The highest BCUT2D eigenvalue weighted by Gasteiger charge is 2.34. The molecule has 2 rings (SSSR count). The van der Waals surface area contributed by atoms with Crippen LogP contribution in [0.3, 0.4) is 0 Å². The summed E-state index contributed by atoms with van der Waals surface area (Å²) in [6, 6.07) is 3.20. The first kappa shape index (κ1) is 31.9. The van der Waals surface area contributed by atoms with Crippen LogP contribution in [0.5, 0.6) is 0 Å². The predicted molar refractivity (Wildman–Crippen MR) is 145 cm³/mol. The van der Waals surface area contributed by atoms with Crippen molar-refractivity contribution >= 4 is 41.2 Å². The number of primary amides is 1. The Bertz CT molecular complexity index is 1040. The van der Waals surface area contributed by atoms with Gasteiger partial charge in [0, 0.05) is 31.3 Å². The molecule has 1 saturated heterocycles. The molecule has 13 heteroatoms. The normalized spacial score (nSPS) is 14.8. The summed E-state index contributed by atoms with van der Waals surface area (Å²) in [4.78, 5) is 66.5. The third-order valence-electron chi connectivity index (χ3n) is 5.79. The van der Waals surface area contributed by atoms with Crippen molar-refractivity contribution in [2.75, 3.05) is 25.0 Å². The Hall–Kier alpha value is -4.16. The van der Waals surface area contributed by atoms with Gasteiger partial charge in [0.1, 0.15) is 12.1 Å². The minimum Gasteiger partial charge on any atom is -0.370 e. The Balaban J connectivity index is 0.00000352. The lowest BCUT2D eigenvalue weighted by molar-refractivity contribution is -0.136. The van der Waals surface area contributed by atoms with Crippen LogP contribution in [-0.4, -0.2) is 72.1 Å². The molecular weight excluding hydrogens is 492 g/mol. The first-order chi connectivity index (χ1) is 18.0. The van der Waals surface area contributed by atoms with Gasteiger partial charge in [-0.15, -0.1) is 0 Å². The summed E-state index contributed by atoms with van der Waals surface area (Å²) in [5, 5.41) is 7.86. The first-order valence-electron chi connectivity index (χ1n) is 12.6. The Morgan fingerprint density at radius 3 is 2.42 bits per heavy atom. The Labute approximate surface area is 222 Å². The van der Waals surface area contributed by atoms with Gasteiger partial charge in [-0.05, 0) is 50.3 Å². The number of carbonyl (C=O) groups excluding carboxylic acids is 5. The number of hydrogen-bond donors (Lipinski definition) is 6. The van der Waals surface area contributed by atoms with Gasteiger partial charge in [-0.25, -0.2) is 0 Å². The minimum atomic E-state index is -0.925. The quantitative estimate of drug-likeness (QED) is 0.127. The van der Waals surface area contributed by atoms with E-state index in [1.165, 1.54) is 11.8 Å². The number of nitrogens with one attached hydrogen (secondary N) is 3. The molecule has 0 aliphatic carbocycles. The fourth-order valence-electron chi connectivity index (χ4n) is 3.90. The Morgan fingerprint density at radius 2 is 1.82 bits per heavy atom. The van der Waals surface area contributed by atoms with E-state index < -0.39 is 23.9 Å². The number of anilines is 1. The molecule has 1 aromatic rings. The molecule has 5 amide bonds. The van der Waals surface area contributed by atoms with Crippen LogP contribution in [0.15, 0.2) is 23.2 Å². The molecule has 1 aromatic carbocycles. The maximum atomic E-state index is 13.0. The molecule has 38 heavy (non-hydrogen) atoms. The highest BCUT2D eigenvalue weighted by Crippen LogP contribution is 2.23. The fraction of sp³-hybridized carbons (Fsp3) is 0.520. The smallest absolute Gasteiger partial charge is 0.252 e.